The van der Waals surface area contributed by atoms with Crippen LogP contribution in [0.4, 0.5) is 10.1 Å². The Bertz CT molecular complexity index is 1180. The standard InChI is InChI=1S/C25H23ClFNO5/c1-5-13-6-8-16-23(30)28(14-7-9-18(27)17(26)10-14)24(31)25(16,2)22(13)21-19(32-3)11-15(29)12-20(21)33-4/h5-7,9-12,16,22,29H,1,8H2,2-4H3/t16-,22+,25+/m0/s1. The van der Waals surface area contributed by atoms with Crippen LogP contribution >= 0.6 is 11.6 Å². The van der Waals surface area contributed by atoms with Gasteiger partial charge in [0.1, 0.15) is 23.1 Å². The average molecular weight is 472 g/mol. The molecule has 2 amide bonds. The van der Waals surface area contributed by atoms with Crippen molar-refractivity contribution in [1.82, 2.24) is 0 Å². The van der Waals surface area contributed by atoms with Gasteiger partial charge in [0.25, 0.3) is 0 Å². The largest absolute Gasteiger partial charge is 0.508 e. The molecule has 1 aliphatic carbocycles. The molecule has 2 aromatic carbocycles. The molecular weight excluding hydrogens is 449 g/mol. The van der Waals surface area contributed by atoms with E-state index in [4.69, 9.17) is 21.1 Å². The molecule has 2 aliphatic rings. The highest BCUT2D eigenvalue weighted by molar-refractivity contribution is 6.31. The number of carbonyl (C=O) groups excluding carboxylic acids is 2. The van der Waals surface area contributed by atoms with E-state index in [2.05, 4.69) is 6.58 Å². The summed E-state index contributed by atoms with van der Waals surface area (Å²) in [5.41, 5.74) is 0.233. The molecular formula is C25H23ClFNO5. The minimum absolute atomic E-state index is 0.0644. The molecule has 3 atom stereocenters. The number of ether oxygens (including phenoxy) is 2. The van der Waals surface area contributed by atoms with Crippen molar-refractivity contribution in [2.24, 2.45) is 11.3 Å². The number of hydrogen-bond donors (Lipinski definition) is 1. The third kappa shape index (κ3) is 3.30. The highest BCUT2D eigenvalue weighted by Gasteiger charge is 2.63. The first-order valence-electron chi connectivity index (χ1n) is 10.3. The summed E-state index contributed by atoms with van der Waals surface area (Å²) in [6, 6.07) is 6.62. The van der Waals surface area contributed by atoms with Crippen LogP contribution in [0.1, 0.15) is 24.8 Å². The summed E-state index contributed by atoms with van der Waals surface area (Å²) in [5, 5.41) is 9.94. The summed E-state index contributed by atoms with van der Waals surface area (Å²) in [6.45, 7) is 5.64. The fraction of sp³-hybridized carbons (Fsp3) is 0.280. The number of halogens is 2. The van der Waals surface area contributed by atoms with Crippen LogP contribution in [0.25, 0.3) is 0 Å². The number of imide groups is 1. The van der Waals surface area contributed by atoms with E-state index in [1.54, 1.807) is 13.0 Å². The van der Waals surface area contributed by atoms with Crippen molar-refractivity contribution in [2.75, 3.05) is 19.1 Å². The maximum absolute atomic E-state index is 14.0. The molecule has 0 radical (unpaired) electrons. The summed E-state index contributed by atoms with van der Waals surface area (Å²) in [6.07, 6.45) is 3.85. The quantitative estimate of drug-likeness (QED) is 0.621. The molecule has 1 heterocycles. The zero-order chi connectivity index (χ0) is 24.1. The zero-order valence-corrected chi connectivity index (χ0v) is 19.1. The van der Waals surface area contributed by atoms with Gasteiger partial charge in [0.15, 0.2) is 0 Å². The summed E-state index contributed by atoms with van der Waals surface area (Å²) in [4.78, 5) is 28.5. The second-order valence-electron chi connectivity index (χ2n) is 8.25. The molecule has 0 bridgehead atoms. The van der Waals surface area contributed by atoms with Crippen molar-refractivity contribution in [3.8, 4) is 17.2 Å². The van der Waals surface area contributed by atoms with Gasteiger partial charge in [0.05, 0.1) is 36.3 Å². The first-order valence-corrected chi connectivity index (χ1v) is 10.7. The molecule has 0 unspecified atom stereocenters. The number of amides is 2. The molecule has 0 spiro atoms. The Morgan fingerprint density at radius 2 is 1.85 bits per heavy atom. The van der Waals surface area contributed by atoms with Gasteiger partial charge in [0.2, 0.25) is 11.8 Å². The number of carbonyl (C=O) groups is 2. The third-order valence-electron chi connectivity index (χ3n) is 6.64. The van der Waals surface area contributed by atoms with Crippen LogP contribution in [0.5, 0.6) is 17.2 Å². The average Bonchev–Trinajstić information content (AvgIpc) is 3.00. The number of allylic oxidation sites excluding steroid dienone is 3. The second kappa shape index (κ2) is 8.23. The summed E-state index contributed by atoms with van der Waals surface area (Å²) in [5.74, 6) is -2.27. The highest BCUT2D eigenvalue weighted by Crippen LogP contribution is 2.60. The van der Waals surface area contributed by atoms with Crippen molar-refractivity contribution >= 4 is 29.1 Å². The molecule has 2 aromatic rings. The fourth-order valence-electron chi connectivity index (χ4n) is 5.04. The second-order valence-corrected chi connectivity index (χ2v) is 8.66. The number of benzene rings is 2. The molecule has 0 saturated carbocycles. The lowest BCUT2D eigenvalue weighted by atomic mass is 9.59. The van der Waals surface area contributed by atoms with E-state index in [-0.39, 0.29) is 16.5 Å². The topological polar surface area (TPSA) is 76.1 Å². The molecule has 1 saturated heterocycles. The summed E-state index contributed by atoms with van der Waals surface area (Å²) >= 11 is 5.93. The number of anilines is 1. The third-order valence-corrected chi connectivity index (χ3v) is 6.93. The monoisotopic (exact) mass is 471 g/mol. The Balaban J connectivity index is 1.94. The predicted molar refractivity (Wildman–Crippen MR) is 122 cm³/mol. The van der Waals surface area contributed by atoms with Gasteiger partial charge in [-0.25, -0.2) is 9.29 Å². The van der Waals surface area contributed by atoms with Crippen LogP contribution in [0.15, 0.2) is 54.6 Å². The van der Waals surface area contributed by atoms with Crippen LogP contribution in [0, 0.1) is 17.2 Å². The molecule has 1 N–H and O–H groups in total. The van der Waals surface area contributed by atoms with Crippen LogP contribution in [-0.2, 0) is 9.59 Å². The Hall–Kier alpha value is -3.32. The van der Waals surface area contributed by atoms with Gasteiger partial charge >= 0.3 is 0 Å². The van der Waals surface area contributed by atoms with Gasteiger partial charge in [-0.05, 0) is 37.1 Å². The number of rotatable bonds is 5. The van der Waals surface area contributed by atoms with Gasteiger partial charge in [-0.2, -0.15) is 0 Å². The molecule has 33 heavy (non-hydrogen) atoms. The molecule has 4 rings (SSSR count). The number of fused-ring (bicyclic) bond motifs is 1. The molecule has 0 aromatic heterocycles. The van der Waals surface area contributed by atoms with Crippen LogP contribution in [-0.4, -0.2) is 31.1 Å². The molecule has 172 valence electrons. The highest BCUT2D eigenvalue weighted by atomic mass is 35.5. The van der Waals surface area contributed by atoms with E-state index in [0.717, 1.165) is 16.5 Å². The van der Waals surface area contributed by atoms with E-state index in [0.29, 0.717) is 23.5 Å². The number of phenolic OH excluding ortho intramolecular Hbond substituents is 1. The number of methoxy groups -OCH3 is 2. The normalized spacial score (nSPS) is 24.4. The first-order chi connectivity index (χ1) is 15.7. The summed E-state index contributed by atoms with van der Waals surface area (Å²) in [7, 11) is 2.90. The van der Waals surface area contributed by atoms with E-state index < -0.39 is 34.9 Å². The maximum Gasteiger partial charge on any atom is 0.241 e. The first kappa shape index (κ1) is 22.9. The Labute approximate surface area is 195 Å². The number of phenols is 1. The van der Waals surface area contributed by atoms with Gasteiger partial charge in [-0.15, -0.1) is 0 Å². The van der Waals surface area contributed by atoms with Gasteiger partial charge in [-0.1, -0.05) is 30.3 Å². The minimum Gasteiger partial charge on any atom is -0.508 e. The van der Waals surface area contributed by atoms with E-state index in [1.807, 2.05) is 6.08 Å². The summed E-state index contributed by atoms with van der Waals surface area (Å²) < 4.78 is 24.8. The Morgan fingerprint density at radius 1 is 1.21 bits per heavy atom. The Morgan fingerprint density at radius 3 is 2.39 bits per heavy atom. The molecule has 1 fully saturated rings. The van der Waals surface area contributed by atoms with E-state index in [1.165, 1.54) is 38.5 Å². The van der Waals surface area contributed by atoms with E-state index >= 15 is 0 Å². The van der Waals surface area contributed by atoms with Crippen molar-refractivity contribution in [2.45, 2.75) is 19.3 Å². The van der Waals surface area contributed by atoms with Crippen molar-refractivity contribution < 1.29 is 28.6 Å². The lowest BCUT2D eigenvalue weighted by Gasteiger charge is -2.40. The molecule has 1 aliphatic heterocycles. The smallest absolute Gasteiger partial charge is 0.241 e. The minimum atomic E-state index is -1.23. The SMILES string of the molecule is C=CC1=CC[C@H]2C(=O)N(c3ccc(F)c(Cl)c3)C(=O)[C@@]2(C)[C@H]1c1c(OC)cc(O)cc1OC. The van der Waals surface area contributed by atoms with Crippen LogP contribution in [0.2, 0.25) is 5.02 Å². The van der Waals surface area contributed by atoms with Crippen molar-refractivity contribution in [3.63, 3.8) is 0 Å². The molecule has 8 heteroatoms. The van der Waals surface area contributed by atoms with Crippen LogP contribution < -0.4 is 14.4 Å². The number of aromatic hydroxyl groups is 1. The predicted octanol–water partition coefficient (Wildman–Crippen LogP) is 5.00. The van der Waals surface area contributed by atoms with Crippen LogP contribution in [0.3, 0.4) is 0 Å². The lowest BCUT2D eigenvalue weighted by Crippen LogP contribution is -2.42. The van der Waals surface area contributed by atoms with Gasteiger partial charge in [0, 0.05) is 23.6 Å². The van der Waals surface area contributed by atoms with Gasteiger partial charge in [-0.3, -0.25) is 9.59 Å². The van der Waals surface area contributed by atoms with Crippen molar-refractivity contribution in [3.05, 3.63) is 71.0 Å². The lowest BCUT2D eigenvalue weighted by molar-refractivity contribution is -0.127. The molecule has 6 nitrogen and oxygen atoms in total. The van der Waals surface area contributed by atoms with E-state index in [9.17, 15) is 19.1 Å². The zero-order valence-electron chi connectivity index (χ0n) is 18.4. The maximum atomic E-state index is 14.0. The Kier molecular flexibility index (Phi) is 5.70. The number of hydrogen-bond acceptors (Lipinski definition) is 5. The van der Waals surface area contributed by atoms with Crippen molar-refractivity contribution in [1.29, 1.82) is 0 Å². The number of nitrogens with zero attached hydrogens (tertiary/aromatic N) is 1. The fourth-order valence-corrected chi connectivity index (χ4v) is 5.21. The van der Waals surface area contributed by atoms with Gasteiger partial charge < -0.3 is 14.6 Å².